The summed E-state index contributed by atoms with van der Waals surface area (Å²) in [6, 6.07) is 0.771. The molecule has 0 atom stereocenters. The van der Waals surface area contributed by atoms with Crippen LogP contribution in [0.4, 0.5) is 36.4 Å². The molecule has 2 aromatic rings. The Kier molecular flexibility index (Phi) is 4.06. The number of nitrogens with zero attached hydrogens (tertiary/aromatic N) is 2. The summed E-state index contributed by atoms with van der Waals surface area (Å²) in [5.41, 5.74) is -2.48. The lowest BCUT2D eigenvalue weighted by molar-refractivity contribution is 0.0520. The molecule has 1 aromatic heterocycles. The Morgan fingerprint density at radius 3 is 2.00 bits per heavy atom. The van der Waals surface area contributed by atoms with Crippen LogP contribution in [-0.4, -0.2) is 15.7 Å². The molecular weight excluding hydrogens is 323 g/mol. The molecule has 4 nitrogen and oxygen atoms in total. The van der Waals surface area contributed by atoms with Crippen LogP contribution in [0.5, 0.6) is 0 Å². The summed E-state index contributed by atoms with van der Waals surface area (Å²) in [5.74, 6) is -13.1. The second-order valence-electron chi connectivity index (χ2n) is 3.84. The summed E-state index contributed by atoms with van der Waals surface area (Å²) in [6.07, 6.45) is 0.791. The third-order valence-corrected chi connectivity index (χ3v) is 2.54. The lowest BCUT2D eigenvalue weighted by Crippen LogP contribution is -2.21. The zero-order valence-corrected chi connectivity index (χ0v) is 10.2. The third-order valence-electron chi connectivity index (χ3n) is 2.54. The molecule has 0 fully saturated rings. The molecule has 22 heavy (non-hydrogen) atoms. The molecule has 1 N–H and O–H groups in total. The van der Waals surface area contributed by atoms with Crippen molar-refractivity contribution in [3.8, 4) is 0 Å². The van der Waals surface area contributed by atoms with Gasteiger partial charge in [-0.25, -0.2) is 22.0 Å². The number of alkyl halides is 2. The van der Waals surface area contributed by atoms with Gasteiger partial charge in [0.05, 0.1) is 0 Å². The molecule has 0 spiro atoms. The fourth-order valence-electron chi connectivity index (χ4n) is 1.54. The molecule has 0 bridgehead atoms. The van der Waals surface area contributed by atoms with Crippen molar-refractivity contribution in [2.24, 2.45) is 0 Å². The van der Waals surface area contributed by atoms with E-state index in [1.165, 1.54) is 5.32 Å². The minimum atomic E-state index is -3.24. The summed E-state index contributed by atoms with van der Waals surface area (Å²) >= 11 is 0. The normalized spacial score (nSPS) is 11.1. The van der Waals surface area contributed by atoms with Crippen molar-refractivity contribution in [1.82, 2.24) is 9.78 Å². The van der Waals surface area contributed by atoms with Crippen molar-refractivity contribution in [2.75, 3.05) is 5.32 Å². The molecule has 0 saturated carbocycles. The van der Waals surface area contributed by atoms with E-state index in [1.54, 1.807) is 0 Å². The molecule has 0 aliphatic carbocycles. The van der Waals surface area contributed by atoms with Gasteiger partial charge in [0.25, 0.3) is 5.91 Å². The smallest absolute Gasteiger partial charge is 0.316 e. The molecule has 1 heterocycles. The molecule has 0 saturated heterocycles. The molecule has 1 amide bonds. The monoisotopic (exact) mass is 327 g/mol. The number of hydrogen-bond acceptors (Lipinski definition) is 2. The van der Waals surface area contributed by atoms with Crippen molar-refractivity contribution in [3.05, 3.63) is 47.0 Å². The largest absolute Gasteiger partial charge is 0.333 e. The van der Waals surface area contributed by atoms with Gasteiger partial charge in [0.15, 0.2) is 23.3 Å². The topological polar surface area (TPSA) is 46.9 Å². The van der Waals surface area contributed by atoms with Gasteiger partial charge < -0.3 is 5.32 Å². The van der Waals surface area contributed by atoms with Gasteiger partial charge in [-0.3, -0.25) is 4.79 Å². The first-order valence-corrected chi connectivity index (χ1v) is 5.40. The second-order valence-corrected chi connectivity index (χ2v) is 3.84. The van der Waals surface area contributed by atoms with Crippen molar-refractivity contribution < 1.29 is 35.5 Å². The van der Waals surface area contributed by atoms with Gasteiger partial charge in [-0.05, 0) is 6.07 Å². The third kappa shape index (κ3) is 2.49. The van der Waals surface area contributed by atoms with Crippen molar-refractivity contribution in [1.29, 1.82) is 0 Å². The first kappa shape index (κ1) is 15.8. The van der Waals surface area contributed by atoms with E-state index in [9.17, 15) is 35.5 Å². The van der Waals surface area contributed by atoms with Crippen LogP contribution < -0.4 is 5.32 Å². The Hall–Kier alpha value is -2.59. The van der Waals surface area contributed by atoms with Gasteiger partial charge in [0, 0.05) is 6.20 Å². The fraction of sp³-hybridized carbons (Fsp3) is 0.0909. The predicted molar refractivity (Wildman–Crippen MR) is 57.7 cm³/mol. The Bertz CT molecular complexity index is 715. The highest BCUT2D eigenvalue weighted by molar-refractivity contribution is 6.03. The first-order chi connectivity index (χ1) is 10.3. The number of halogens is 7. The van der Waals surface area contributed by atoms with Crippen LogP contribution in [0.15, 0.2) is 12.3 Å². The Morgan fingerprint density at radius 1 is 1.00 bits per heavy atom. The van der Waals surface area contributed by atoms with Gasteiger partial charge in [0.1, 0.15) is 11.4 Å². The number of rotatable bonds is 3. The average Bonchev–Trinajstić information content (AvgIpc) is 2.97. The van der Waals surface area contributed by atoms with Crippen molar-refractivity contribution in [2.45, 2.75) is 6.55 Å². The van der Waals surface area contributed by atoms with E-state index in [4.69, 9.17) is 0 Å². The molecule has 0 unspecified atom stereocenters. The van der Waals surface area contributed by atoms with Crippen LogP contribution in [0.1, 0.15) is 17.0 Å². The lowest BCUT2D eigenvalue weighted by Gasteiger charge is -2.10. The maximum atomic E-state index is 13.4. The number of benzene rings is 1. The number of carbonyl (C=O) groups excluding carboxylic acids is 1. The molecule has 0 aliphatic heterocycles. The van der Waals surface area contributed by atoms with Crippen LogP contribution in [-0.2, 0) is 0 Å². The van der Waals surface area contributed by atoms with Crippen LogP contribution in [0.3, 0.4) is 0 Å². The van der Waals surface area contributed by atoms with Gasteiger partial charge in [-0.1, -0.05) is 0 Å². The highest BCUT2D eigenvalue weighted by Gasteiger charge is 2.28. The van der Waals surface area contributed by atoms with E-state index in [-0.39, 0.29) is 4.68 Å². The molecular formula is C11H4F7N3O. The standard InChI is InChI=1S/C11H4F7N3O/c12-4-5(13)7(15)9(8(16)6(4)14)20-10(22)3-1-2-19-21(3)11(17)18/h1-2,11H,(H,20,22). The van der Waals surface area contributed by atoms with E-state index in [2.05, 4.69) is 5.10 Å². The second kappa shape index (κ2) is 5.66. The van der Waals surface area contributed by atoms with E-state index in [1.807, 2.05) is 0 Å². The highest BCUT2D eigenvalue weighted by Crippen LogP contribution is 2.27. The summed E-state index contributed by atoms with van der Waals surface area (Å²) in [5, 5.41) is 4.44. The number of anilines is 1. The van der Waals surface area contributed by atoms with E-state index in [0.29, 0.717) is 0 Å². The summed E-state index contributed by atoms with van der Waals surface area (Å²) in [6.45, 7) is -3.24. The van der Waals surface area contributed by atoms with E-state index >= 15 is 0 Å². The van der Waals surface area contributed by atoms with Crippen LogP contribution in [0.25, 0.3) is 0 Å². The number of carbonyl (C=O) groups is 1. The molecule has 0 radical (unpaired) electrons. The molecule has 2 rings (SSSR count). The van der Waals surface area contributed by atoms with E-state index in [0.717, 1.165) is 12.3 Å². The minimum Gasteiger partial charge on any atom is -0.316 e. The summed E-state index contributed by atoms with van der Waals surface area (Å²) < 4.78 is 90.4. The van der Waals surface area contributed by atoms with Gasteiger partial charge in [-0.2, -0.15) is 18.6 Å². The van der Waals surface area contributed by atoms with Gasteiger partial charge >= 0.3 is 6.55 Å². The van der Waals surface area contributed by atoms with E-state index < -0.39 is 52.9 Å². The highest BCUT2D eigenvalue weighted by atomic mass is 19.3. The SMILES string of the molecule is O=C(Nc1c(F)c(F)c(F)c(F)c1F)c1ccnn1C(F)F. The van der Waals surface area contributed by atoms with Crippen LogP contribution in [0, 0.1) is 29.1 Å². The van der Waals surface area contributed by atoms with Crippen molar-refractivity contribution in [3.63, 3.8) is 0 Å². The molecule has 0 aliphatic rings. The van der Waals surface area contributed by atoms with Crippen molar-refractivity contribution >= 4 is 11.6 Å². The van der Waals surface area contributed by atoms with Crippen LogP contribution in [0.2, 0.25) is 0 Å². The minimum absolute atomic E-state index is 0.0959. The molecule has 118 valence electrons. The van der Waals surface area contributed by atoms with Gasteiger partial charge in [-0.15, -0.1) is 0 Å². The first-order valence-electron chi connectivity index (χ1n) is 5.40. The number of hydrogen-bond donors (Lipinski definition) is 1. The Balaban J connectivity index is 2.43. The zero-order chi connectivity index (χ0) is 16.6. The maximum absolute atomic E-state index is 13.4. The quantitative estimate of drug-likeness (QED) is 0.534. The number of nitrogens with one attached hydrogen (secondary N) is 1. The Morgan fingerprint density at radius 2 is 1.50 bits per heavy atom. The predicted octanol–water partition coefficient (Wildman–Crippen LogP) is 3.23. The lowest BCUT2D eigenvalue weighted by atomic mass is 10.2. The fourth-order valence-corrected chi connectivity index (χ4v) is 1.54. The van der Waals surface area contributed by atoms with Crippen LogP contribution >= 0.6 is 0 Å². The zero-order valence-electron chi connectivity index (χ0n) is 10.2. The molecule has 1 aromatic carbocycles. The average molecular weight is 327 g/mol. The number of amides is 1. The summed E-state index contributed by atoms with van der Waals surface area (Å²) in [7, 11) is 0. The number of aromatic nitrogens is 2. The van der Waals surface area contributed by atoms with Gasteiger partial charge in [0.2, 0.25) is 5.82 Å². The Labute approximate surface area is 117 Å². The summed E-state index contributed by atoms with van der Waals surface area (Å²) in [4.78, 5) is 11.6. The maximum Gasteiger partial charge on any atom is 0.333 e. The molecule has 11 heteroatoms.